The third kappa shape index (κ3) is 13.4. The van der Waals surface area contributed by atoms with Crippen molar-refractivity contribution in [1.82, 2.24) is 34.4 Å². The smallest absolute Gasteiger partial charge is 0.341 e. The molecular formula is C26H23Cl5FN9O13S. The highest BCUT2D eigenvalue weighted by atomic mass is 35.5. The summed E-state index contributed by atoms with van der Waals surface area (Å²) < 4.78 is 59.1. The number of hydrogen-bond donors (Lipinski definition) is 6. The van der Waals surface area contributed by atoms with Crippen LogP contribution in [-0.4, -0.2) is 105 Å². The highest BCUT2D eigenvalue weighted by Crippen LogP contribution is 2.35. The van der Waals surface area contributed by atoms with Gasteiger partial charge in [-0.15, -0.1) is 0 Å². The van der Waals surface area contributed by atoms with Crippen molar-refractivity contribution in [2.45, 2.75) is 5.03 Å². The van der Waals surface area contributed by atoms with Gasteiger partial charge in [-0.3, -0.25) is 10.00 Å². The van der Waals surface area contributed by atoms with Crippen molar-refractivity contribution >= 4 is 104 Å². The van der Waals surface area contributed by atoms with E-state index in [-0.39, 0.29) is 49.5 Å². The lowest BCUT2D eigenvalue weighted by molar-refractivity contribution is -0.140. The van der Waals surface area contributed by atoms with E-state index in [4.69, 9.17) is 93.3 Å². The average Bonchev–Trinajstić information content (AvgIpc) is 3.52. The number of ether oxygens (including phenoxy) is 4. The lowest BCUT2D eigenvalue weighted by Crippen LogP contribution is -2.36. The van der Waals surface area contributed by atoms with Crippen molar-refractivity contribution in [2.75, 3.05) is 38.5 Å². The number of pyridine rings is 2. The van der Waals surface area contributed by atoms with Gasteiger partial charge in [0.1, 0.15) is 20.6 Å². The summed E-state index contributed by atoms with van der Waals surface area (Å²) in [7, 11) is -0.667. The fraction of sp³-hybridized carbons (Fsp3) is 0.192. The molecule has 0 radical (unpaired) electrons. The molecule has 298 valence electrons. The highest BCUT2D eigenvalue weighted by molar-refractivity contribution is 7.90. The normalized spacial score (nSPS) is 10.4. The molecule has 0 unspecified atom stereocenters. The molecule has 0 aromatic carbocycles. The van der Waals surface area contributed by atoms with Crippen LogP contribution >= 0.6 is 58.0 Å². The van der Waals surface area contributed by atoms with E-state index in [0.29, 0.717) is 0 Å². The maximum Gasteiger partial charge on any atom is 0.341 e. The van der Waals surface area contributed by atoms with Gasteiger partial charge >= 0.3 is 23.9 Å². The number of rotatable bonds is 12. The molecule has 4 aromatic heterocycles. The van der Waals surface area contributed by atoms with Crippen molar-refractivity contribution in [3.8, 4) is 23.5 Å². The van der Waals surface area contributed by atoms with Crippen molar-refractivity contribution in [3.05, 3.63) is 55.1 Å². The van der Waals surface area contributed by atoms with Crippen LogP contribution in [0.4, 0.5) is 20.8 Å². The van der Waals surface area contributed by atoms with E-state index in [1.807, 2.05) is 0 Å². The van der Waals surface area contributed by atoms with Crippen LogP contribution < -0.4 is 34.7 Å². The van der Waals surface area contributed by atoms with Gasteiger partial charge in [0.05, 0.1) is 37.2 Å². The van der Waals surface area contributed by atoms with Crippen LogP contribution in [0.2, 0.25) is 25.2 Å². The quantitative estimate of drug-likeness (QED) is 0.111. The number of methoxy groups -OCH3 is 2. The molecule has 4 heterocycles. The lowest BCUT2D eigenvalue weighted by atomic mass is 10.4. The molecule has 4 aromatic rings. The maximum absolute atomic E-state index is 12.9. The van der Waals surface area contributed by atoms with E-state index in [2.05, 4.69) is 35.1 Å². The third-order valence-electron chi connectivity index (χ3n) is 5.48. The second-order valence-corrected chi connectivity index (χ2v) is 12.8. The number of halogens is 6. The zero-order valence-corrected chi connectivity index (χ0v) is 32.1. The highest BCUT2D eigenvalue weighted by Gasteiger charge is 2.29. The second kappa shape index (κ2) is 20.3. The van der Waals surface area contributed by atoms with Crippen LogP contribution in [0.15, 0.2) is 23.4 Å². The number of amides is 2. The van der Waals surface area contributed by atoms with Crippen molar-refractivity contribution in [3.63, 3.8) is 0 Å². The second-order valence-electron chi connectivity index (χ2n) is 9.29. The van der Waals surface area contributed by atoms with E-state index >= 15 is 0 Å². The van der Waals surface area contributed by atoms with Gasteiger partial charge in [-0.05, 0) is 6.07 Å². The summed E-state index contributed by atoms with van der Waals surface area (Å²) in [6.45, 7) is -1.24. The summed E-state index contributed by atoms with van der Waals surface area (Å²) in [5.74, 6) is -5.58. The minimum atomic E-state index is -4.53. The minimum Gasteiger partial charge on any atom is -0.481 e. The van der Waals surface area contributed by atoms with Gasteiger partial charge in [0.25, 0.3) is 10.0 Å². The summed E-state index contributed by atoms with van der Waals surface area (Å²) >= 11 is 27.8. The Bertz CT molecular complexity index is 2180. The molecule has 0 fully saturated rings. The number of aryl methyl sites for hydroxylation is 1. The predicted octanol–water partition coefficient (Wildman–Crippen LogP) is 3.51. The number of sulfonamides is 1. The minimum absolute atomic E-state index is 0.0106. The number of anilines is 2. The van der Waals surface area contributed by atoms with Crippen molar-refractivity contribution in [2.24, 2.45) is 7.05 Å². The number of aromatic nitrogens is 6. The van der Waals surface area contributed by atoms with Crippen LogP contribution in [0.5, 0.6) is 23.5 Å². The van der Waals surface area contributed by atoms with Gasteiger partial charge in [0.15, 0.2) is 23.4 Å². The molecule has 22 nitrogen and oxygen atoms in total. The Labute approximate surface area is 332 Å². The Morgan fingerprint density at radius 2 is 1.40 bits per heavy atom. The fourth-order valence-corrected chi connectivity index (χ4v) is 5.39. The molecular weight excluding hydrogens is 875 g/mol. The molecule has 0 aliphatic rings. The standard InChI is InChI=1S/C12H14N6O7S.C7H4Cl3NO3.C7H5Cl2FN2O3/c1-18-9(6(5-13-18)10(19)20)26(22,23)17-12(21)16-11-14-7(24-2)4-8(15-11)25-3;8-3-1-4(9)7(11-6(3)10)14-2-5(12)13;8-3-5(11)4(9)7(12-6(3)10)15-1-2(13)14/h4-5H,1-3H3,(H,19,20)(H2,14,15,16,17,21);1H,2H2,(H,12,13);1H2,(H2,11,12)(H,13,14). The lowest BCUT2D eigenvalue weighted by Gasteiger charge is -2.10. The molecule has 0 spiro atoms. The molecule has 0 saturated heterocycles. The summed E-state index contributed by atoms with van der Waals surface area (Å²) in [6, 6.07) is 1.45. The number of nitrogen functional groups attached to an aromatic ring is 1. The van der Waals surface area contributed by atoms with E-state index in [9.17, 15) is 32.0 Å². The zero-order valence-electron chi connectivity index (χ0n) is 27.5. The van der Waals surface area contributed by atoms with Crippen LogP contribution in [0, 0.1) is 5.95 Å². The van der Waals surface area contributed by atoms with Crippen molar-refractivity contribution in [1.29, 1.82) is 0 Å². The summed E-state index contributed by atoms with van der Waals surface area (Å²) in [6.07, 6.45) is 0.852. The zero-order chi connectivity index (χ0) is 41.8. The number of nitrogens with one attached hydrogen (secondary N) is 2. The van der Waals surface area contributed by atoms with Crippen molar-refractivity contribution < 1.29 is 66.3 Å². The van der Waals surface area contributed by atoms with Crippen LogP contribution in [0.1, 0.15) is 10.4 Å². The topological polar surface area (TPSA) is 319 Å². The van der Waals surface area contributed by atoms with Gasteiger partial charge < -0.3 is 40.0 Å². The van der Waals surface area contributed by atoms with E-state index < -0.39 is 74.6 Å². The molecule has 0 saturated carbocycles. The molecule has 0 bridgehead atoms. The first kappa shape index (κ1) is 45.8. The number of nitrogens with zero attached hydrogens (tertiary/aromatic N) is 6. The number of hydrogen-bond acceptors (Lipinski definition) is 16. The summed E-state index contributed by atoms with van der Waals surface area (Å²) in [5.41, 5.74) is 4.48. The first-order chi connectivity index (χ1) is 25.6. The Morgan fingerprint density at radius 1 is 0.855 bits per heavy atom. The van der Waals surface area contributed by atoms with Crippen LogP contribution in [-0.2, 0) is 26.7 Å². The summed E-state index contributed by atoms with van der Waals surface area (Å²) in [4.78, 5) is 57.9. The molecule has 0 atom stereocenters. The SMILES string of the molecule is COc1cc(OC)nc(NC(=O)NS(=O)(=O)c2c(C(=O)O)cnn2C)n1.Nc1c(Cl)c(F)nc(OCC(=O)O)c1Cl.O=C(O)COc1nc(Cl)c(Cl)cc1Cl. The molecule has 7 N–H and O–H groups in total. The Kier molecular flexibility index (Phi) is 16.9. The van der Waals surface area contributed by atoms with Gasteiger partial charge in [-0.2, -0.15) is 37.8 Å². The van der Waals surface area contributed by atoms with Crippen LogP contribution in [0.25, 0.3) is 0 Å². The van der Waals surface area contributed by atoms with E-state index in [0.717, 1.165) is 10.9 Å². The largest absolute Gasteiger partial charge is 0.481 e. The number of carboxylic acid groups (broad SMARTS) is 3. The summed E-state index contributed by atoms with van der Waals surface area (Å²) in [5, 5.41) is 30.3. The third-order valence-corrected chi connectivity index (χ3v) is 8.60. The Hall–Kier alpha value is -5.40. The number of carboxylic acids is 3. The first-order valence-electron chi connectivity index (χ1n) is 13.7. The maximum atomic E-state index is 12.9. The number of carbonyl (C=O) groups is 4. The monoisotopic (exact) mass is 895 g/mol. The van der Waals surface area contributed by atoms with Crippen LogP contribution in [0.3, 0.4) is 0 Å². The van der Waals surface area contributed by atoms with Gasteiger partial charge in [-0.1, -0.05) is 58.0 Å². The molecule has 2 amide bonds. The first-order valence-corrected chi connectivity index (χ1v) is 17.1. The fourth-order valence-electron chi connectivity index (χ4n) is 3.25. The number of aromatic carboxylic acids is 1. The molecule has 0 aliphatic heterocycles. The molecule has 4 rings (SSSR count). The number of urea groups is 1. The predicted molar refractivity (Wildman–Crippen MR) is 189 cm³/mol. The van der Waals surface area contributed by atoms with E-state index in [1.54, 1.807) is 4.72 Å². The number of nitrogens with two attached hydrogens (primary N) is 1. The Morgan fingerprint density at radius 3 is 1.91 bits per heavy atom. The molecule has 29 heteroatoms. The molecule has 0 aliphatic carbocycles. The number of aliphatic carboxylic acids is 2. The average molecular weight is 898 g/mol. The van der Waals surface area contributed by atoms with Gasteiger partial charge in [0.2, 0.25) is 35.4 Å². The molecule has 55 heavy (non-hydrogen) atoms. The van der Waals surface area contributed by atoms with E-state index in [1.165, 1.54) is 33.4 Å². The Balaban J connectivity index is 0.000000308. The van der Waals surface area contributed by atoms with Gasteiger partial charge in [0, 0.05) is 7.05 Å². The number of carbonyl (C=O) groups excluding carboxylic acids is 1. The van der Waals surface area contributed by atoms with Gasteiger partial charge in [-0.25, -0.2) is 23.9 Å².